The molecule has 3 aliphatic heterocycles. The highest BCUT2D eigenvalue weighted by Gasteiger charge is 2.38. The zero-order valence-electron chi connectivity index (χ0n) is 17.6. The molecule has 1 amide bonds. The summed E-state index contributed by atoms with van der Waals surface area (Å²) in [6.45, 7) is 13.7. The highest BCUT2D eigenvalue weighted by molar-refractivity contribution is 5.95. The Morgan fingerprint density at radius 3 is 2.61 bits per heavy atom. The van der Waals surface area contributed by atoms with Crippen LogP contribution in [0.1, 0.15) is 71.5 Å². The lowest BCUT2D eigenvalue weighted by molar-refractivity contribution is 0.0583. The molecule has 2 aromatic rings. The Labute approximate surface area is 166 Å². The Hall–Kier alpha value is -2.08. The lowest BCUT2D eigenvalue weighted by Gasteiger charge is -2.36. The van der Waals surface area contributed by atoms with Crippen LogP contribution in [0, 0.1) is 26.7 Å². The molecular weight excluding hydrogens is 354 g/mol. The second-order valence-corrected chi connectivity index (χ2v) is 8.82. The van der Waals surface area contributed by atoms with E-state index in [1.54, 1.807) is 0 Å². The van der Waals surface area contributed by atoms with Crippen molar-refractivity contribution >= 4 is 5.91 Å². The Bertz CT molecular complexity index is 847. The number of hydrogen-bond donors (Lipinski definition) is 0. The number of piperidine rings is 1. The number of furan rings is 1. The molecule has 5 rings (SSSR count). The van der Waals surface area contributed by atoms with Gasteiger partial charge in [0.15, 0.2) is 0 Å². The van der Waals surface area contributed by atoms with Crippen LogP contribution in [0.25, 0.3) is 0 Å². The number of aromatic nitrogens is 1. The Morgan fingerprint density at radius 1 is 1.18 bits per heavy atom. The monoisotopic (exact) mass is 385 g/mol. The largest absolute Gasteiger partial charge is 0.465 e. The van der Waals surface area contributed by atoms with Crippen molar-refractivity contribution in [3.63, 3.8) is 0 Å². The average Bonchev–Trinajstić information content (AvgIpc) is 3.05. The molecule has 2 atom stereocenters. The summed E-state index contributed by atoms with van der Waals surface area (Å²) < 4.78 is 11.2. The maximum atomic E-state index is 13.4. The number of fused-ring (bicyclic) bond motifs is 4. The first kappa shape index (κ1) is 19.2. The minimum atomic E-state index is 0.127. The molecule has 28 heavy (non-hydrogen) atoms. The SMILES string of the molecule is Cc1noc(C)c1CN1C[C@@H]2CC[C@H](C1)N(C(=O)c1cc(C(C)C)oc1C)C2. The van der Waals surface area contributed by atoms with Crippen LogP contribution in [0.15, 0.2) is 15.0 Å². The van der Waals surface area contributed by atoms with E-state index in [9.17, 15) is 4.79 Å². The van der Waals surface area contributed by atoms with Gasteiger partial charge in [-0.1, -0.05) is 19.0 Å². The number of hydrogen-bond acceptors (Lipinski definition) is 5. The molecule has 6 heteroatoms. The topological polar surface area (TPSA) is 62.7 Å². The summed E-state index contributed by atoms with van der Waals surface area (Å²) in [5.41, 5.74) is 2.89. The molecule has 0 radical (unpaired) electrons. The summed E-state index contributed by atoms with van der Waals surface area (Å²) >= 11 is 0. The summed E-state index contributed by atoms with van der Waals surface area (Å²) in [5.74, 6) is 3.45. The lowest BCUT2D eigenvalue weighted by atomic mass is 9.94. The van der Waals surface area contributed by atoms with Gasteiger partial charge in [-0.15, -0.1) is 0 Å². The van der Waals surface area contributed by atoms with Gasteiger partial charge in [0.25, 0.3) is 5.91 Å². The van der Waals surface area contributed by atoms with Gasteiger partial charge in [-0.25, -0.2) is 0 Å². The van der Waals surface area contributed by atoms with Crippen molar-refractivity contribution in [2.75, 3.05) is 19.6 Å². The van der Waals surface area contributed by atoms with E-state index in [2.05, 4.69) is 28.8 Å². The van der Waals surface area contributed by atoms with Crippen molar-refractivity contribution in [1.29, 1.82) is 0 Å². The number of aryl methyl sites for hydroxylation is 3. The van der Waals surface area contributed by atoms with Crippen molar-refractivity contribution in [3.8, 4) is 0 Å². The molecule has 152 valence electrons. The number of carbonyl (C=O) groups is 1. The van der Waals surface area contributed by atoms with E-state index in [0.29, 0.717) is 5.92 Å². The molecule has 5 heterocycles. The van der Waals surface area contributed by atoms with E-state index in [4.69, 9.17) is 8.94 Å². The Kier molecular flexibility index (Phi) is 5.08. The summed E-state index contributed by atoms with van der Waals surface area (Å²) in [6.07, 6.45) is 2.26. The quantitative estimate of drug-likeness (QED) is 0.794. The molecule has 6 nitrogen and oxygen atoms in total. The van der Waals surface area contributed by atoms with E-state index in [-0.39, 0.29) is 17.9 Å². The predicted octanol–water partition coefficient (Wildman–Crippen LogP) is 4.05. The molecule has 0 spiro atoms. The standard InChI is InChI=1S/C22H31N3O3/c1-13(2)21-8-19(15(4)27-21)22(26)25-10-17-6-7-18(25)11-24(9-17)12-20-14(3)23-28-16(20)5/h8,13,17-18H,6-7,9-12H2,1-5H3/t17-,18+/m0/s1. The number of rotatable bonds is 4. The molecule has 2 bridgehead atoms. The van der Waals surface area contributed by atoms with E-state index < -0.39 is 0 Å². The van der Waals surface area contributed by atoms with Gasteiger partial charge in [-0.2, -0.15) is 0 Å². The highest BCUT2D eigenvalue weighted by Crippen LogP contribution is 2.32. The van der Waals surface area contributed by atoms with Gasteiger partial charge in [0.1, 0.15) is 17.3 Å². The summed E-state index contributed by atoms with van der Waals surface area (Å²) in [6, 6.07) is 2.20. The van der Waals surface area contributed by atoms with Crippen LogP contribution in [0.3, 0.4) is 0 Å². The maximum absolute atomic E-state index is 13.4. The Morgan fingerprint density at radius 2 is 1.96 bits per heavy atom. The van der Waals surface area contributed by atoms with Crippen molar-refractivity contribution in [3.05, 3.63) is 40.2 Å². The van der Waals surface area contributed by atoms with Crippen LogP contribution in [-0.4, -0.2) is 46.5 Å². The highest BCUT2D eigenvalue weighted by atomic mass is 16.5. The van der Waals surface area contributed by atoms with Crippen molar-refractivity contribution < 1.29 is 13.7 Å². The molecule has 0 aliphatic carbocycles. The zero-order chi connectivity index (χ0) is 20.0. The van der Waals surface area contributed by atoms with Gasteiger partial charge < -0.3 is 13.8 Å². The molecular formula is C22H31N3O3. The third kappa shape index (κ3) is 3.50. The minimum Gasteiger partial charge on any atom is -0.465 e. The fourth-order valence-corrected chi connectivity index (χ4v) is 4.66. The predicted molar refractivity (Wildman–Crippen MR) is 106 cm³/mol. The van der Waals surface area contributed by atoms with Crippen molar-refractivity contribution in [2.24, 2.45) is 5.92 Å². The molecule has 0 unspecified atom stereocenters. The van der Waals surface area contributed by atoms with Crippen LogP contribution >= 0.6 is 0 Å². The number of amides is 1. The first-order valence-corrected chi connectivity index (χ1v) is 10.4. The molecule has 0 saturated carbocycles. The molecule has 2 aromatic heterocycles. The summed E-state index contributed by atoms with van der Waals surface area (Å²) in [4.78, 5) is 17.9. The van der Waals surface area contributed by atoms with E-state index in [0.717, 1.165) is 61.1 Å². The lowest BCUT2D eigenvalue weighted by Crippen LogP contribution is -2.47. The van der Waals surface area contributed by atoms with Gasteiger partial charge in [0.05, 0.1) is 11.3 Å². The van der Waals surface area contributed by atoms with E-state index in [1.165, 1.54) is 12.0 Å². The smallest absolute Gasteiger partial charge is 0.257 e. The first-order chi connectivity index (χ1) is 13.3. The van der Waals surface area contributed by atoms with Crippen LogP contribution < -0.4 is 0 Å². The third-order valence-electron chi connectivity index (χ3n) is 6.35. The van der Waals surface area contributed by atoms with Gasteiger partial charge in [-0.3, -0.25) is 9.69 Å². The maximum Gasteiger partial charge on any atom is 0.257 e. The number of nitrogens with zero attached hydrogens (tertiary/aromatic N) is 3. The number of carbonyl (C=O) groups excluding carboxylic acids is 1. The summed E-state index contributed by atoms with van der Waals surface area (Å²) in [5, 5.41) is 4.09. The molecule has 3 aliphatic rings. The van der Waals surface area contributed by atoms with Gasteiger partial charge in [-0.05, 0) is 45.6 Å². The van der Waals surface area contributed by atoms with Gasteiger partial charge in [0, 0.05) is 43.7 Å². The second-order valence-electron chi connectivity index (χ2n) is 8.82. The molecule has 0 N–H and O–H groups in total. The van der Waals surface area contributed by atoms with E-state index in [1.807, 2.05) is 26.8 Å². The Balaban J connectivity index is 1.53. The van der Waals surface area contributed by atoms with Gasteiger partial charge in [0.2, 0.25) is 0 Å². The first-order valence-electron chi connectivity index (χ1n) is 10.4. The fourth-order valence-electron chi connectivity index (χ4n) is 4.66. The minimum absolute atomic E-state index is 0.127. The average molecular weight is 386 g/mol. The zero-order valence-corrected chi connectivity index (χ0v) is 17.6. The fraction of sp³-hybridized carbons (Fsp3) is 0.636. The molecule has 3 saturated heterocycles. The van der Waals surface area contributed by atoms with Crippen LogP contribution in [0.5, 0.6) is 0 Å². The van der Waals surface area contributed by atoms with E-state index >= 15 is 0 Å². The van der Waals surface area contributed by atoms with Crippen LogP contribution in [0.2, 0.25) is 0 Å². The van der Waals surface area contributed by atoms with Crippen molar-refractivity contribution in [2.45, 2.75) is 66.0 Å². The van der Waals surface area contributed by atoms with Gasteiger partial charge >= 0.3 is 0 Å². The van der Waals surface area contributed by atoms with Crippen LogP contribution in [0.4, 0.5) is 0 Å². The second kappa shape index (κ2) is 7.39. The molecule has 0 aromatic carbocycles. The van der Waals surface area contributed by atoms with Crippen molar-refractivity contribution in [1.82, 2.24) is 15.0 Å². The third-order valence-corrected chi connectivity index (χ3v) is 6.35. The molecule has 3 fully saturated rings. The normalized spacial score (nSPS) is 22.9. The van der Waals surface area contributed by atoms with Crippen LogP contribution in [-0.2, 0) is 6.54 Å². The summed E-state index contributed by atoms with van der Waals surface area (Å²) in [7, 11) is 0.